The molecule has 2 rings (SSSR count). The van der Waals surface area contributed by atoms with E-state index in [1.165, 1.54) is 0 Å². The molecule has 1 aromatic heterocycles. The van der Waals surface area contributed by atoms with Gasteiger partial charge in [-0.3, -0.25) is 4.98 Å². The molecule has 1 unspecified atom stereocenters. The van der Waals surface area contributed by atoms with Crippen molar-refractivity contribution >= 4 is 10.0 Å². The molecule has 1 atom stereocenters. The van der Waals surface area contributed by atoms with Crippen molar-refractivity contribution in [2.24, 2.45) is 5.73 Å². The maximum atomic E-state index is 12.9. The fourth-order valence-electron chi connectivity index (χ4n) is 2.85. The Bertz CT molecular complexity index is 543. The van der Waals surface area contributed by atoms with Crippen molar-refractivity contribution in [2.45, 2.75) is 56.5 Å². The summed E-state index contributed by atoms with van der Waals surface area (Å²) in [6, 6.07) is 3.39. The molecule has 112 valence electrons. The number of sulfonamides is 1. The Kier molecular flexibility index (Phi) is 5.12. The van der Waals surface area contributed by atoms with Crippen molar-refractivity contribution in [3.05, 3.63) is 24.0 Å². The molecule has 1 aliphatic heterocycles. The van der Waals surface area contributed by atoms with Crippen LogP contribution < -0.4 is 5.73 Å². The Labute approximate surface area is 121 Å². The molecular formula is C14H23N3O2S. The average Bonchev–Trinajstić information content (AvgIpc) is 2.48. The van der Waals surface area contributed by atoms with E-state index in [1.807, 2.05) is 0 Å². The fraction of sp³-hybridized carbons (Fsp3) is 0.643. The standard InChI is InChI=1S/C14H23N3O2S/c1-2-6-12-7-3-4-10-17(12)20(18,19)14-8-5-9-16-13(14)11-15/h5,8-9,12H,2-4,6-7,10-11,15H2,1H3. The first-order valence-corrected chi connectivity index (χ1v) is 8.71. The lowest BCUT2D eigenvalue weighted by atomic mass is 10.0. The molecular weight excluding hydrogens is 274 g/mol. The second kappa shape index (κ2) is 6.65. The monoisotopic (exact) mass is 297 g/mol. The zero-order valence-electron chi connectivity index (χ0n) is 12.0. The van der Waals surface area contributed by atoms with Gasteiger partial charge in [-0.2, -0.15) is 4.31 Å². The van der Waals surface area contributed by atoms with Gasteiger partial charge in [0.05, 0.1) is 5.69 Å². The number of nitrogens with zero attached hydrogens (tertiary/aromatic N) is 2. The normalized spacial score (nSPS) is 21.0. The van der Waals surface area contributed by atoms with Gasteiger partial charge in [0, 0.05) is 25.3 Å². The van der Waals surface area contributed by atoms with Gasteiger partial charge in [0.25, 0.3) is 0 Å². The van der Waals surface area contributed by atoms with Crippen LogP contribution in [0.1, 0.15) is 44.7 Å². The van der Waals surface area contributed by atoms with E-state index >= 15 is 0 Å². The third-order valence-electron chi connectivity index (χ3n) is 3.82. The van der Waals surface area contributed by atoms with E-state index < -0.39 is 10.0 Å². The molecule has 0 spiro atoms. The highest BCUT2D eigenvalue weighted by Gasteiger charge is 2.34. The SMILES string of the molecule is CCCC1CCCCN1S(=O)(=O)c1cccnc1CN. The second-order valence-electron chi connectivity index (χ2n) is 5.21. The Morgan fingerprint density at radius 3 is 2.95 bits per heavy atom. The summed E-state index contributed by atoms with van der Waals surface area (Å²) in [6.45, 7) is 2.84. The number of hydrogen-bond donors (Lipinski definition) is 1. The van der Waals surface area contributed by atoms with Crippen molar-refractivity contribution in [1.82, 2.24) is 9.29 Å². The fourth-order valence-corrected chi connectivity index (χ4v) is 4.76. The number of nitrogens with two attached hydrogens (primary N) is 1. The molecule has 5 nitrogen and oxygen atoms in total. The lowest BCUT2D eigenvalue weighted by Crippen LogP contribution is -2.43. The van der Waals surface area contributed by atoms with Crippen LogP contribution in [0.4, 0.5) is 0 Å². The molecule has 2 N–H and O–H groups in total. The van der Waals surface area contributed by atoms with Crippen molar-refractivity contribution < 1.29 is 8.42 Å². The summed E-state index contributed by atoms with van der Waals surface area (Å²) in [5, 5.41) is 0. The Morgan fingerprint density at radius 2 is 2.25 bits per heavy atom. The van der Waals surface area contributed by atoms with Crippen LogP contribution in [0.3, 0.4) is 0 Å². The third-order valence-corrected chi connectivity index (χ3v) is 5.85. The van der Waals surface area contributed by atoms with Crippen LogP contribution >= 0.6 is 0 Å². The van der Waals surface area contributed by atoms with Gasteiger partial charge < -0.3 is 5.73 Å². The summed E-state index contributed by atoms with van der Waals surface area (Å²) < 4.78 is 27.4. The summed E-state index contributed by atoms with van der Waals surface area (Å²) >= 11 is 0. The third kappa shape index (κ3) is 3.02. The first-order valence-electron chi connectivity index (χ1n) is 7.27. The topological polar surface area (TPSA) is 76.3 Å². The van der Waals surface area contributed by atoms with Gasteiger partial charge in [-0.1, -0.05) is 19.8 Å². The number of hydrogen-bond acceptors (Lipinski definition) is 4. The molecule has 0 radical (unpaired) electrons. The van der Waals surface area contributed by atoms with Crippen molar-refractivity contribution in [3.8, 4) is 0 Å². The van der Waals surface area contributed by atoms with Crippen molar-refractivity contribution in [3.63, 3.8) is 0 Å². The summed E-state index contributed by atoms with van der Waals surface area (Å²) in [5.41, 5.74) is 6.08. The van der Waals surface area contributed by atoms with Crippen LogP contribution in [0, 0.1) is 0 Å². The second-order valence-corrected chi connectivity index (χ2v) is 7.07. The molecule has 0 saturated carbocycles. The van der Waals surface area contributed by atoms with Crippen molar-refractivity contribution in [1.29, 1.82) is 0 Å². The molecule has 0 aliphatic carbocycles. The largest absolute Gasteiger partial charge is 0.325 e. The summed E-state index contributed by atoms with van der Waals surface area (Å²) in [5.74, 6) is 0. The zero-order valence-corrected chi connectivity index (χ0v) is 12.8. The Balaban J connectivity index is 2.37. The van der Waals surface area contributed by atoms with E-state index in [2.05, 4.69) is 11.9 Å². The maximum Gasteiger partial charge on any atom is 0.245 e. The molecule has 1 aliphatic rings. The van der Waals surface area contributed by atoms with E-state index in [0.29, 0.717) is 12.2 Å². The molecule has 20 heavy (non-hydrogen) atoms. The number of aromatic nitrogens is 1. The smallest absolute Gasteiger partial charge is 0.245 e. The molecule has 0 aromatic carbocycles. The van der Waals surface area contributed by atoms with Gasteiger partial charge in [0.15, 0.2) is 0 Å². The van der Waals surface area contributed by atoms with E-state index in [0.717, 1.165) is 32.1 Å². The maximum absolute atomic E-state index is 12.9. The summed E-state index contributed by atoms with van der Waals surface area (Å²) in [7, 11) is -3.49. The quantitative estimate of drug-likeness (QED) is 0.900. The first kappa shape index (κ1) is 15.4. The van der Waals surface area contributed by atoms with Crippen LogP contribution in [0.25, 0.3) is 0 Å². The predicted octanol–water partition coefficient (Wildman–Crippen LogP) is 1.88. The van der Waals surface area contributed by atoms with Gasteiger partial charge >= 0.3 is 0 Å². The van der Waals surface area contributed by atoms with Crippen LogP contribution in [-0.2, 0) is 16.6 Å². The number of pyridine rings is 1. The van der Waals surface area contributed by atoms with Crippen LogP contribution in [0.15, 0.2) is 23.2 Å². The zero-order chi connectivity index (χ0) is 14.6. The Morgan fingerprint density at radius 1 is 1.45 bits per heavy atom. The summed E-state index contributed by atoms with van der Waals surface area (Å²) in [4.78, 5) is 4.37. The molecule has 1 saturated heterocycles. The van der Waals surface area contributed by atoms with Crippen LogP contribution in [0.2, 0.25) is 0 Å². The number of rotatable bonds is 5. The molecule has 0 bridgehead atoms. The van der Waals surface area contributed by atoms with Gasteiger partial charge in [0.1, 0.15) is 4.90 Å². The molecule has 6 heteroatoms. The van der Waals surface area contributed by atoms with Crippen molar-refractivity contribution in [2.75, 3.05) is 6.54 Å². The average molecular weight is 297 g/mol. The minimum atomic E-state index is -3.49. The predicted molar refractivity (Wildman–Crippen MR) is 78.6 cm³/mol. The molecule has 0 amide bonds. The van der Waals surface area contributed by atoms with Gasteiger partial charge in [-0.05, 0) is 31.4 Å². The van der Waals surface area contributed by atoms with E-state index in [1.54, 1.807) is 22.6 Å². The minimum Gasteiger partial charge on any atom is -0.325 e. The van der Waals surface area contributed by atoms with E-state index in [-0.39, 0.29) is 17.5 Å². The van der Waals surface area contributed by atoms with Gasteiger partial charge in [-0.15, -0.1) is 0 Å². The Hall–Kier alpha value is -0.980. The number of piperidine rings is 1. The molecule has 1 aromatic rings. The highest BCUT2D eigenvalue weighted by Crippen LogP contribution is 2.28. The van der Waals surface area contributed by atoms with E-state index in [9.17, 15) is 8.42 Å². The molecule has 2 heterocycles. The van der Waals surface area contributed by atoms with Gasteiger partial charge in [-0.25, -0.2) is 8.42 Å². The van der Waals surface area contributed by atoms with Crippen LogP contribution in [0.5, 0.6) is 0 Å². The van der Waals surface area contributed by atoms with Crippen LogP contribution in [-0.4, -0.2) is 30.3 Å². The van der Waals surface area contributed by atoms with Gasteiger partial charge in [0.2, 0.25) is 10.0 Å². The minimum absolute atomic E-state index is 0.115. The highest BCUT2D eigenvalue weighted by atomic mass is 32.2. The lowest BCUT2D eigenvalue weighted by Gasteiger charge is -2.34. The molecule has 1 fully saturated rings. The van der Waals surface area contributed by atoms with E-state index in [4.69, 9.17) is 5.73 Å². The lowest BCUT2D eigenvalue weighted by molar-refractivity contribution is 0.239. The first-order chi connectivity index (χ1) is 9.61. The highest BCUT2D eigenvalue weighted by molar-refractivity contribution is 7.89. The summed E-state index contributed by atoms with van der Waals surface area (Å²) in [6.07, 6.45) is 6.47.